The number of rotatable bonds is 5. The highest BCUT2D eigenvalue weighted by Crippen LogP contribution is 2.22. The topological polar surface area (TPSA) is 98.7 Å². The maximum Gasteiger partial charge on any atom is 0.334 e. The lowest BCUT2D eigenvalue weighted by atomic mass is 9.89. The van der Waals surface area contributed by atoms with Crippen LogP contribution < -0.4 is 10.6 Å². The van der Waals surface area contributed by atoms with Crippen molar-refractivity contribution >= 4 is 12.0 Å². The van der Waals surface area contributed by atoms with E-state index in [1.165, 1.54) is 19.3 Å². The van der Waals surface area contributed by atoms with Crippen molar-refractivity contribution in [1.29, 1.82) is 0 Å². The van der Waals surface area contributed by atoms with E-state index in [2.05, 4.69) is 10.6 Å². The zero-order chi connectivity index (χ0) is 12.7. The monoisotopic (exact) mass is 244 g/mol. The van der Waals surface area contributed by atoms with E-state index >= 15 is 0 Å². The number of hydrogen-bond acceptors (Lipinski definition) is 3. The summed E-state index contributed by atoms with van der Waals surface area (Å²) in [5.41, 5.74) is 0. The number of carboxylic acids is 1. The number of hydrogen-bond donors (Lipinski definition) is 4. The maximum absolute atomic E-state index is 11.3. The Morgan fingerprint density at radius 2 is 1.82 bits per heavy atom. The molecule has 0 aromatic rings. The van der Waals surface area contributed by atoms with Crippen molar-refractivity contribution in [3.8, 4) is 0 Å². The quantitative estimate of drug-likeness (QED) is 0.559. The van der Waals surface area contributed by atoms with Crippen molar-refractivity contribution in [2.75, 3.05) is 13.1 Å². The SMILES string of the molecule is O=C(NCC1CCCCC1)NCC(O)C(=O)O. The lowest BCUT2D eigenvalue weighted by Gasteiger charge is -2.21. The molecule has 6 nitrogen and oxygen atoms in total. The van der Waals surface area contributed by atoms with Crippen LogP contribution in [-0.4, -0.2) is 41.4 Å². The zero-order valence-corrected chi connectivity index (χ0v) is 9.82. The number of aliphatic hydroxyl groups is 1. The van der Waals surface area contributed by atoms with Crippen molar-refractivity contribution < 1.29 is 19.8 Å². The van der Waals surface area contributed by atoms with Crippen LogP contribution in [0, 0.1) is 5.92 Å². The van der Waals surface area contributed by atoms with Gasteiger partial charge in [0.2, 0.25) is 0 Å². The van der Waals surface area contributed by atoms with E-state index in [9.17, 15) is 9.59 Å². The summed E-state index contributed by atoms with van der Waals surface area (Å²) in [6.45, 7) is 0.348. The fraction of sp³-hybridized carbons (Fsp3) is 0.818. The van der Waals surface area contributed by atoms with Gasteiger partial charge in [-0.05, 0) is 18.8 Å². The Labute approximate surface area is 100 Å². The molecular formula is C11H20N2O4. The summed E-state index contributed by atoms with van der Waals surface area (Å²) in [4.78, 5) is 21.6. The van der Waals surface area contributed by atoms with Gasteiger partial charge in [0.05, 0.1) is 6.54 Å². The highest BCUT2D eigenvalue weighted by molar-refractivity contribution is 5.76. The van der Waals surface area contributed by atoms with Crippen LogP contribution >= 0.6 is 0 Å². The van der Waals surface area contributed by atoms with Crippen LogP contribution in [0.5, 0.6) is 0 Å². The Kier molecular flexibility index (Phi) is 5.76. The lowest BCUT2D eigenvalue weighted by Crippen LogP contribution is -2.43. The molecule has 0 aromatic heterocycles. The third-order valence-corrected chi connectivity index (χ3v) is 3.02. The summed E-state index contributed by atoms with van der Waals surface area (Å²) in [5.74, 6) is -0.809. The molecule has 0 bridgehead atoms. The van der Waals surface area contributed by atoms with Gasteiger partial charge in [-0.15, -0.1) is 0 Å². The molecule has 98 valence electrons. The number of aliphatic carboxylic acids is 1. The van der Waals surface area contributed by atoms with Gasteiger partial charge in [0.1, 0.15) is 0 Å². The molecule has 1 unspecified atom stereocenters. The molecule has 17 heavy (non-hydrogen) atoms. The van der Waals surface area contributed by atoms with E-state index < -0.39 is 18.1 Å². The first-order valence-corrected chi connectivity index (χ1v) is 6.02. The second-order valence-corrected chi connectivity index (χ2v) is 4.45. The summed E-state index contributed by atoms with van der Waals surface area (Å²) >= 11 is 0. The minimum Gasteiger partial charge on any atom is -0.479 e. The molecular weight excluding hydrogens is 224 g/mol. The first kappa shape index (κ1) is 13.8. The van der Waals surface area contributed by atoms with Gasteiger partial charge < -0.3 is 20.8 Å². The molecule has 6 heteroatoms. The van der Waals surface area contributed by atoms with E-state index in [1.54, 1.807) is 0 Å². The number of carboxylic acid groups (broad SMARTS) is 1. The molecule has 1 fully saturated rings. The Hall–Kier alpha value is -1.30. The molecule has 0 aliphatic heterocycles. The molecule has 0 heterocycles. The van der Waals surface area contributed by atoms with Crippen LogP contribution in [0.25, 0.3) is 0 Å². The number of carbonyl (C=O) groups excluding carboxylic acids is 1. The van der Waals surface area contributed by atoms with Gasteiger partial charge in [-0.25, -0.2) is 9.59 Å². The predicted molar refractivity (Wildman–Crippen MR) is 61.6 cm³/mol. The molecule has 1 aliphatic carbocycles. The normalized spacial score (nSPS) is 18.4. The van der Waals surface area contributed by atoms with Crippen LogP contribution in [0.2, 0.25) is 0 Å². The minimum absolute atomic E-state index is 0.272. The first-order chi connectivity index (χ1) is 8.09. The van der Waals surface area contributed by atoms with Gasteiger partial charge in [0, 0.05) is 6.54 Å². The first-order valence-electron chi connectivity index (χ1n) is 6.02. The average molecular weight is 244 g/mol. The van der Waals surface area contributed by atoms with Crippen molar-refractivity contribution in [1.82, 2.24) is 10.6 Å². The van der Waals surface area contributed by atoms with E-state index in [1.807, 2.05) is 0 Å². The lowest BCUT2D eigenvalue weighted by molar-refractivity contribution is -0.146. The van der Waals surface area contributed by atoms with E-state index in [4.69, 9.17) is 10.2 Å². The van der Waals surface area contributed by atoms with Crippen molar-refractivity contribution in [3.63, 3.8) is 0 Å². The van der Waals surface area contributed by atoms with E-state index in [0.29, 0.717) is 12.5 Å². The molecule has 0 spiro atoms. The molecule has 0 saturated heterocycles. The fourth-order valence-corrected chi connectivity index (χ4v) is 1.97. The molecule has 1 aliphatic rings. The summed E-state index contributed by atoms with van der Waals surface area (Å²) < 4.78 is 0. The number of nitrogens with one attached hydrogen (secondary N) is 2. The number of aliphatic hydroxyl groups excluding tert-OH is 1. The highest BCUT2D eigenvalue weighted by Gasteiger charge is 2.16. The van der Waals surface area contributed by atoms with Gasteiger partial charge in [0.15, 0.2) is 6.10 Å². The molecule has 1 saturated carbocycles. The van der Waals surface area contributed by atoms with Gasteiger partial charge in [-0.2, -0.15) is 0 Å². The van der Waals surface area contributed by atoms with Crippen LogP contribution in [0.15, 0.2) is 0 Å². The average Bonchev–Trinajstić information content (AvgIpc) is 2.34. The van der Waals surface area contributed by atoms with Gasteiger partial charge in [0.25, 0.3) is 0 Å². The zero-order valence-electron chi connectivity index (χ0n) is 9.82. The second-order valence-electron chi connectivity index (χ2n) is 4.45. The smallest absolute Gasteiger partial charge is 0.334 e. The number of amides is 2. The van der Waals surface area contributed by atoms with E-state index in [-0.39, 0.29) is 6.54 Å². The van der Waals surface area contributed by atoms with Gasteiger partial charge in [-0.1, -0.05) is 19.3 Å². The Morgan fingerprint density at radius 1 is 1.18 bits per heavy atom. The van der Waals surface area contributed by atoms with Gasteiger partial charge >= 0.3 is 12.0 Å². The van der Waals surface area contributed by atoms with Crippen LogP contribution in [0.1, 0.15) is 32.1 Å². The predicted octanol–water partition coefficient (Wildman–Crippen LogP) is 0.311. The molecule has 2 amide bonds. The van der Waals surface area contributed by atoms with Crippen molar-refractivity contribution in [2.45, 2.75) is 38.2 Å². The Morgan fingerprint density at radius 3 is 2.41 bits per heavy atom. The Balaban J connectivity index is 2.10. The van der Waals surface area contributed by atoms with Crippen molar-refractivity contribution in [3.05, 3.63) is 0 Å². The minimum atomic E-state index is -1.55. The third kappa shape index (κ3) is 5.53. The third-order valence-electron chi connectivity index (χ3n) is 3.02. The second kappa shape index (κ2) is 7.11. The molecule has 4 N–H and O–H groups in total. The molecule has 1 rings (SSSR count). The van der Waals surface area contributed by atoms with Gasteiger partial charge in [-0.3, -0.25) is 0 Å². The molecule has 1 atom stereocenters. The van der Waals surface area contributed by atoms with E-state index in [0.717, 1.165) is 12.8 Å². The van der Waals surface area contributed by atoms with Crippen molar-refractivity contribution in [2.24, 2.45) is 5.92 Å². The van der Waals surface area contributed by atoms with Crippen LogP contribution in [0.4, 0.5) is 4.79 Å². The molecule has 0 aromatic carbocycles. The highest BCUT2D eigenvalue weighted by atomic mass is 16.4. The number of urea groups is 1. The van der Waals surface area contributed by atoms with Crippen LogP contribution in [-0.2, 0) is 4.79 Å². The maximum atomic E-state index is 11.3. The fourth-order valence-electron chi connectivity index (χ4n) is 1.97. The summed E-state index contributed by atoms with van der Waals surface area (Å²) in [7, 11) is 0. The molecule has 0 radical (unpaired) electrons. The summed E-state index contributed by atoms with van der Waals surface area (Å²) in [6.07, 6.45) is 4.43. The van der Waals surface area contributed by atoms with Crippen LogP contribution in [0.3, 0.4) is 0 Å². The number of carbonyl (C=O) groups is 2. The largest absolute Gasteiger partial charge is 0.479 e. The summed E-state index contributed by atoms with van der Waals surface area (Å²) in [6, 6.07) is -0.420. The Bertz CT molecular complexity index is 264. The standard InChI is InChI=1S/C11H20N2O4/c14-9(10(15)16)7-13-11(17)12-6-8-4-2-1-3-5-8/h8-9,14H,1-7H2,(H,15,16)(H2,12,13,17). The summed E-state index contributed by atoms with van der Waals surface area (Å²) in [5, 5.41) is 22.4.